The van der Waals surface area contributed by atoms with Crippen LogP contribution in [-0.4, -0.2) is 36.1 Å². The maximum atomic E-state index is 6.26. The van der Waals surface area contributed by atoms with Crippen LogP contribution in [0.4, 0.5) is 0 Å². The summed E-state index contributed by atoms with van der Waals surface area (Å²) in [6.07, 6.45) is 5.39. The molecule has 0 aromatic carbocycles. The first-order valence-electron chi connectivity index (χ1n) is 6.88. The smallest absolute Gasteiger partial charge is 0.133 e. The van der Waals surface area contributed by atoms with E-state index in [0.717, 1.165) is 26.2 Å². The molecule has 0 aliphatic carbocycles. The maximum absolute atomic E-state index is 6.26. The number of halogens is 3. The van der Waals surface area contributed by atoms with Crippen LogP contribution >= 0.6 is 36.4 Å². The van der Waals surface area contributed by atoms with Crippen LogP contribution < -0.4 is 5.32 Å². The minimum atomic E-state index is 0. The molecule has 2 rings (SSSR count). The molecule has 3 nitrogen and oxygen atoms in total. The van der Waals surface area contributed by atoms with Gasteiger partial charge in [-0.05, 0) is 12.5 Å². The first kappa shape index (κ1) is 19.9. The van der Waals surface area contributed by atoms with Gasteiger partial charge in [-0.2, -0.15) is 0 Å². The summed E-state index contributed by atoms with van der Waals surface area (Å²) >= 11 is 6.26. The molecule has 1 atom stereocenters. The Balaban J connectivity index is 0.00000180. The fourth-order valence-electron chi connectivity index (χ4n) is 2.57. The molecule has 2 heterocycles. The van der Waals surface area contributed by atoms with E-state index in [4.69, 9.17) is 11.6 Å². The molecule has 20 heavy (non-hydrogen) atoms. The Bertz CT molecular complexity index is 370. The second-order valence-electron chi connectivity index (χ2n) is 4.83. The predicted molar refractivity (Wildman–Crippen MR) is 90.5 cm³/mol. The van der Waals surface area contributed by atoms with Crippen LogP contribution in [0.5, 0.6) is 0 Å². The summed E-state index contributed by atoms with van der Waals surface area (Å²) in [4.78, 5) is 6.76. The van der Waals surface area contributed by atoms with Crippen molar-refractivity contribution in [2.45, 2.75) is 32.2 Å². The number of unbranched alkanes of at least 4 members (excludes halogenated alkanes) is 1. The maximum Gasteiger partial charge on any atom is 0.133 e. The van der Waals surface area contributed by atoms with Crippen molar-refractivity contribution in [3.05, 3.63) is 29.0 Å². The van der Waals surface area contributed by atoms with Crippen molar-refractivity contribution in [3.63, 3.8) is 0 Å². The highest BCUT2D eigenvalue weighted by molar-refractivity contribution is 6.30. The molecule has 6 heteroatoms. The topological polar surface area (TPSA) is 28.2 Å². The van der Waals surface area contributed by atoms with Crippen molar-refractivity contribution >= 4 is 36.4 Å². The van der Waals surface area contributed by atoms with Crippen molar-refractivity contribution in [2.75, 3.05) is 26.2 Å². The van der Waals surface area contributed by atoms with Gasteiger partial charge in [-0.3, -0.25) is 4.90 Å². The molecule has 0 amide bonds. The summed E-state index contributed by atoms with van der Waals surface area (Å²) in [5.41, 5.74) is 1.19. The summed E-state index contributed by atoms with van der Waals surface area (Å²) in [6, 6.07) is 4.54. The zero-order valence-corrected chi connectivity index (χ0v) is 14.2. The van der Waals surface area contributed by atoms with E-state index in [0.29, 0.717) is 11.2 Å². The zero-order chi connectivity index (χ0) is 12.8. The SMILES string of the molecule is CCCC[C@H](c1cccnc1Cl)N1CCNCC1.Cl.Cl. The van der Waals surface area contributed by atoms with E-state index in [1.165, 1.54) is 24.8 Å². The van der Waals surface area contributed by atoms with Gasteiger partial charge in [-0.25, -0.2) is 4.98 Å². The fraction of sp³-hybridized carbons (Fsp3) is 0.643. The van der Waals surface area contributed by atoms with Crippen molar-refractivity contribution in [3.8, 4) is 0 Å². The second kappa shape index (κ2) is 10.6. The molecule has 1 fully saturated rings. The molecule has 1 aliphatic rings. The van der Waals surface area contributed by atoms with Gasteiger partial charge in [0.25, 0.3) is 0 Å². The van der Waals surface area contributed by atoms with E-state index in [1.807, 2.05) is 6.07 Å². The number of hydrogen-bond acceptors (Lipinski definition) is 3. The Morgan fingerprint density at radius 2 is 2.05 bits per heavy atom. The molecule has 0 saturated carbocycles. The first-order valence-corrected chi connectivity index (χ1v) is 7.26. The molecule has 0 spiro atoms. The molecule has 0 radical (unpaired) electrons. The van der Waals surface area contributed by atoms with Gasteiger partial charge in [-0.1, -0.05) is 37.4 Å². The Labute approximate surface area is 139 Å². The van der Waals surface area contributed by atoms with E-state index in [-0.39, 0.29) is 24.8 Å². The normalized spacial score (nSPS) is 16.9. The van der Waals surface area contributed by atoms with Gasteiger partial charge in [0.1, 0.15) is 5.15 Å². The summed E-state index contributed by atoms with van der Waals surface area (Å²) < 4.78 is 0. The third-order valence-electron chi connectivity index (χ3n) is 3.57. The number of pyridine rings is 1. The number of nitrogens with one attached hydrogen (secondary N) is 1. The average Bonchev–Trinajstić information content (AvgIpc) is 2.42. The standard InChI is InChI=1S/C14H22ClN3.2ClH/c1-2-3-6-13(18-10-8-16-9-11-18)12-5-4-7-17-14(12)15;;/h4-5,7,13,16H,2-3,6,8-11H2,1H3;2*1H/t13-;;/m1../s1. The van der Waals surface area contributed by atoms with Gasteiger partial charge in [0.2, 0.25) is 0 Å². The highest BCUT2D eigenvalue weighted by Crippen LogP contribution is 2.30. The van der Waals surface area contributed by atoms with Gasteiger partial charge < -0.3 is 5.32 Å². The number of aromatic nitrogens is 1. The lowest BCUT2D eigenvalue weighted by molar-refractivity contribution is 0.163. The quantitative estimate of drug-likeness (QED) is 0.828. The summed E-state index contributed by atoms with van der Waals surface area (Å²) in [7, 11) is 0. The molecule has 1 aromatic heterocycles. The summed E-state index contributed by atoms with van der Waals surface area (Å²) in [5.74, 6) is 0. The fourth-order valence-corrected chi connectivity index (χ4v) is 2.82. The van der Waals surface area contributed by atoms with Gasteiger partial charge in [0.15, 0.2) is 0 Å². The highest BCUT2D eigenvalue weighted by Gasteiger charge is 2.23. The third-order valence-corrected chi connectivity index (χ3v) is 3.89. The predicted octanol–water partition coefficient (Wildman–Crippen LogP) is 3.72. The van der Waals surface area contributed by atoms with Crippen molar-refractivity contribution in [2.24, 2.45) is 0 Å². The van der Waals surface area contributed by atoms with Crippen LogP contribution in [0, 0.1) is 0 Å². The van der Waals surface area contributed by atoms with E-state index in [2.05, 4.69) is 28.2 Å². The molecule has 0 unspecified atom stereocenters. The Kier molecular flexibility index (Phi) is 10.6. The van der Waals surface area contributed by atoms with E-state index >= 15 is 0 Å². The Morgan fingerprint density at radius 1 is 1.35 bits per heavy atom. The lowest BCUT2D eigenvalue weighted by Gasteiger charge is -2.35. The van der Waals surface area contributed by atoms with E-state index in [9.17, 15) is 0 Å². The Hall–Kier alpha value is -0.0600. The van der Waals surface area contributed by atoms with E-state index < -0.39 is 0 Å². The number of hydrogen-bond donors (Lipinski definition) is 1. The van der Waals surface area contributed by atoms with Crippen LogP contribution in [0.2, 0.25) is 5.15 Å². The van der Waals surface area contributed by atoms with Crippen LogP contribution in [0.1, 0.15) is 37.8 Å². The molecule has 1 aromatic rings. The summed E-state index contributed by atoms with van der Waals surface area (Å²) in [6.45, 7) is 6.57. The van der Waals surface area contributed by atoms with Gasteiger partial charge in [0, 0.05) is 44.0 Å². The third kappa shape index (κ3) is 5.38. The zero-order valence-electron chi connectivity index (χ0n) is 11.8. The van der Waals surface area contributed by atoms with Crippen molar-refractivity contribution < 1.29 is 0 Å². The number of piperazine rings is 1. The largest absolute Gasteiger partial charge is 0.314 e. The molecular formula is C14H24Cl3N3. The number of nitrogens with zero attached hydrogens (tertiary/aromatic N) is 2. The molecule has 116 valence electrons. The van der Waals surface area contributed by atoms with E-state index in [1.54, 1.807) is 6.20 Å². The van der Waals surface area contributed by atoms with Crippen molar-refractivity contribution in [1.29, 1.82) is 0 Å². The second-order valence-corrected chi connectivity index (χ2v) is 5.19. The van der Waals surface area contributed by atoms with Gasteiger partial charge in [-0.15, -0.1) is 24.8 Å². The van der Waals surface area contributed by atoms with Crippen LogP contribution in [0.3, 0.4) is 0 Å². The monoisotopic (exact) mass is 339 g/mol. The average molecular weight is 341 g/mol. The number of rotatable bonds is 5. The van der Waals surface area contributed by atoms with Gasteiger partial charge in [0.05, 0.1) is 0 Å². The molecule has 0 bridgehead atoms. The molecular weight excluding hydrogens is 317 g/mol. The summed E-state index contributed by atoms with van der Waals surface area (Å²) in [5, 5.41) is 4.07. The molecule has 1 aliphatic heterocycles. The molecule has 1 N–H and O–H groups in total. The lowest BCUT2D eigenvalue weighted by Crippen LogP contribution is -2.45. The van der Waals surface area contributed by atoms with Crippen molar-refractivity contribution in [1.82, 2.24) is 15.2 Å². The first-order chi connectivity index (χ1) is 8.83. The molecule has 1 saturated heterocycles. The minimum Gasteiger partial charge on any atom is -0.314 e. The highest BCUT2D eigenvalue weighted by atomic mass is 35.5. The lowest BCUT2D eigenvalue weighted by atomic mass is 10.0. The van der Waals surface area contributed by atoms with Crippen LogP contribution in [-0.2, 0) is 0 Å². The van der Waals surface area contributed by atoms with Gasteiger partial charge >= 0.3 is 0 Å². The van der Waals surface area contributed by atoms with Crippen LogP contribution in [0.25, 0.3) is 0 Å². The Morgan fingerprint density at radius 3 is 2.65 bits per heavy atom. The van der Waals surface area contributed by atoms with Crippen LogP contribution in [0.15, 0.2) is 18.3 Å². The minimum absolute atomic E-state index is 0.